The quantitative estimate of drug-likeness (QED) is 0.680. The molecule has 1 aliphatic heterocycles. The Kier molecular flexibility index (Phi) is 5.53. The molecule has 1 fully saturated rings. The summed E-state index contributed by atoms with van der Waals surface area (Å²) in [4.78, 5) is 43.2. The summed E-state index contributed by atoms with van der Waals surface area (Å²) in [6.45, 7) is 4.90. The van der Waals surface area contributed by atoms with Gasteiger partial charge in [-0.2, -0.15) is 0 Å². The van der Waals surface area contributed by atoms with Crippen molar-refractivity contribution < 1.29 is 33.7 Å². The van der Waals surface area contributed by atoms with Crippen molar-refractivity contribution in [1.82, 2.24) is 14.5 Å². The third kappa shape index (κ3) is 3.78. The number of carbonyl (C=O) groups excluding carboxylic acids is 3. The number of hydrogen-bond donors (Lipinski definition) is 2. The topological polar surface area (TPSA) is 142 Å². The van der Waals surface area contributed by atoms with Crippen LogP contribution in [0.4, 0.5) is 5.82 Å². The molecule has 0 aromatic carbocycles. The predicted molar refractivity (Wildman–Crippen MR) is 98.6 cm³/mol. The van der Waals surface area contributed by atoms with Crippen LogP contribution in [0.25, 0.3) is 11.0 Å². The smallest absolute Gasteiger partial charge is 0.303 e. The zero-order chi connectivity index (χ0) is 21.3. The van der Waals surface area contributed by atoms with Crippen LogP contribution in [0.1, 0.15) is 33.9 Å². The molecule has 4 atom stereocenters. The molecule has 11 heteroatoms. The van der Waals surface area contributed by atoms with Gasteiger partial charge in [-0.15, -0.1) is 0 Å². The third-order valence-electron chi connectivity index (χ3n) is 4.59. The number of fused-ring (bicyclic) bond motifs is 1. The Hall–Kier alpha value is -3.05. The molecular weight excluding hydrogens is 384 g/mol. The van der Waals surface area contributed by atoms with Crippen LogP contribution >= 0.6 is 0 Å². The van der Waals surface area contributed by atoms with E-state index in [9.17, 15) is 19.5 Å². The van der Waals surface area contributed by atoms with Gasteiger partial charge in [-0.1, -0.05) is 0 Å². The van der Waals surface area contributed by atoms with E-state index in [-0.39, 0.29) is 5.91 Å². The van der Waals surface area contributed by atoms with Crippen LogP contribution < -0.4 is 5.32 Å². The minimum atomic E-state index is -1.45. The second-order valence-corrected chi connectivity index (χ2v) is 6.88. The number of aliphatic hydroxyl groups is 1. The van der Waals surface area contributed by atoms with Gasteiger partial charge in [-0.05, 0) is 13.0 Å². The molecule has 156 valence electrons. The highest BCUT2D eigenvalue weighted by molar-refractivity contribution is 5.97. The molecule has 3 rings (SSSR count). The van der Waals surface area contributed by atoms with E-state index in [0.717, 1.165) is 0 Å². The summed E-state index contributed by atoms with van der Waals surface area (Å²) in [6, 6.07) is 1.67. The maximum atomic E-state index is 11.8. The molecule has 0 bridgehead atoms. The Balaban J connectivity index is 2.11. The van der Waals surface area contributed by atoms with Crippen LogP contribution in [0.2, 0.25) is 0 Å². The number of carbonyl (C=O) groups is 3. The van der Waals surface area contributed by atoms with Crippen LogP contribution in [-0.2, 0) is 28.6 Å². The molecular formula is C18H22N4O7. The first-order chi connectivity index (χ1) is 13.7. The second kappa shape index (κ2) is 7.76. The van der Waals surface area contributed by atoms with Crippen molar-refractivity contribution in [3.63, 3.8) is 0 Å². The van der Waals surface area contributed by atoms with E-state index in [1.165, 1.54) is 27.1 Å². The molecule has 11 nitrogen and oxygen atoms in total. The number of rotatable bonds is 5. The van der Waals surface area contributed by atoms with Gasteiger partial charge in [0, 0.05) is 27.0 Å². The van der Waals surface area contributed by atoms with Crippen LogP contribution in [-0.4, -0.2) is 61.9 Å². The van der Waals surface area contributed by atoms with Crippen LogP contribution in [0, 0.1) is 0 Å². The van der Waals surface area contributed by atoms with Gasteiger partial charge in [0.2, 0.25) is 5.91 Å². The summed E-state index contributed by atoms with van der Waals surface area (Å²) in [7, 11) is 0. The van der Waals surface area contributed by atoms with Gasteiger partial charge < -0.3 is 29.2 Å². The zero-order valence-corrected chi connectivity index (χ0v) is 16.4. The molecule has 2 aromatic rings. The first kappa shape index (κ1) is 20.7. The first-order valence-corrected chi connectivity index (χ1v) is 8.89. The Morgan fingerprint density at radius 2 is 2.00 bits per heavy atom. The molecule has 0 radical (unpaired) electrons. The molecule has 1 saturated heterocycles. The van der Waals surface area contributed by atoms with E-state index in [2.05, 4.69) is 15.3 Å². The number of aromatic nitrogens is 3. The number of nitrogens with one attached hydrogen (secondary N) is 1. The summed E-state index contributed by atoms with van der Waals surface area (Å²) < 4.78 is 18.4. The lowest BCUT2D eigenvalue weighted by Gasteiger charge is -2.34. The number of hydrogen-bond acceptors (Lipinski definition) is 9. The van der Waals surface area contributed by atoms with Crippen molar-refractivity contribution in [3.05, 3.63) is 18.6 Å². The lowest BCUT2D eigenvalue weighted by atomic mass is 9.95. The van der Waals surface area contributed by atoms with E-state index in [4.69, 9.17) is 14.2 Å². The van der Waals surface area contributed by atoms with Crippen molar-refractivity contribution in [2.45, 2.75) is 51.7 Å². The Labute approximate surface area is 166 Å². The minimum Gasteiger partial charge on any atom is -0.455 e. The van der Waals surface area contributed by atoms with Crippen LogP contribution in [0.15, 0.2) is 18.6 Å². The van der Waals surface area contributed by atoms with E-state index in [1.54, 1.807) is 23.8 Å². The van der Waals surface area contributed by atoms with Crippen molar-refractivity contribution in [1.29, 1.82) is 0 Å². The Morgan fingerprint density at radius 3 is 2.59 bits per heavy atom. The van der Waals surface area contributed by atoms with Crippen molar-refractivity contribution >= 4 is 34.7 Å². The molecule has 1 unspecified atom stereocenters. The van der Waals surface area contributed by atoms with E-state index in [0.29, 0.717) is 16.9 Å². The van der Waals surface area contributed by atoms with Gasteiger partial charge in [-0.25, -0.2) is 9.97 Å². The van der Waals surface area contributed by atoms with E-state index < -0.39 is 42.6 Å². The average molecular weight is 406 g/mol. The minimum absolute atomic E-state index is 0.296. The number of amides is 1. The largest absolute Gasteiger partial charge is 0.455 e. The number of anilines is 1. The molecule has 0 spiro atoms. The third-order valence-corrected chi connectivity index (χ3v) is 4.59. The second-order valence-electron chi connectivity index (χ2n) is 6.88. The number of aliphatic hydroxyl groups excluding tert-OH is 1. The van der Waals surface area contributed by atoms with Crippen molar-refractivity contribution in [3.8, 4) is 0 Å². The number of esters is 2. The summed E-state index contributed by atoms with van der Waals surface area (Å²) in [5.74, 6) is -1.20. The van der Waals surface area contributed by atoms with Gasteiger partial charge >= 0.3 is 11.9 Å². The molecule has 1 aliphatic rings. The first-order valence-electron chi connectivity index (χ1n) is 8.89. The van der Waals surface area contributed by atoms with Crippen molar-refractivity contribution in [2.24, 2.45) is 0 Å². The average Bonchev–Trinajstić information content (AvgIpc) is 3.14. The van der Waals surface area contributed by atoms with Crippen LogP contribution in [0.5, 0.6) is 0 Å². The highest BCUT2D eigenvalue weighted by atomic mass is 16.7. The maximum absolute atomic E-state index is 11.8. The predicted octanol–water partition coefficient (Wildman–Crippen LogP) is 0.533. The summed E-state index contributed by atoms with van der Waals surface area (Å²) in [6.07, 6.45) is -0.0439. The fourth-order valence-electron chi connectivity index (χ4n) is 3.58. The lowest BCUT2D eigenvalue weighted by molar-refractivity contribution is -0.184. The lowest BCUT2D eigenvalue weighted by Crippen LogP contribution is -2.49. The van der Waals surface area contributed by atoms with Crippen LogP contribution in [0.3, 0.4) is 0 Å². The molecule has 0 aliphatic carbocycles. The molecule has 2 aromatic heterocycles. The Bertz CT molecular complexity index is 959. The fraction of sp³-hybridized carbons (Fsp3) is 0.500. The fourth-order valence-corrected chi connectivity index (χ4v) is 3.58. The summed E-state index contributed by atoms with van der Waals surface area (Å²) >= 11 is 0. The van der Waals surface area contributed by atoms with Gasteiger partial charge in [-0.3, -0.25) is 14.4 Å². The van der Waals surface area contributed by atoms with Gasteiger partial charge in [0.05, 0.1) is 12.0 Å². The Morgan fingerprint density at radius 1 is 1.28 bits per heavy atom. The summed E-state index contributed by atoms with van der Waals surface area (Å²) in [5, 5.41) is 12.9. The molecule has 1 amide bonds. The standard InChI is InChI=1S/C18H22N4O7/c1-9(24)21-15-12-5-6-22(16(12)20-8-19-15)17-18(4,29-11(3)26)14(27-10(2)25)13(7-23)28-17/h5-6,8,13-14,17,23H,7H2,1-4H3,(H,19,20,21,24)/t13-,14+,17-,18?/m1/s1. The highest BCUT2D eigenvalue weighted by Crippen LogP contribution is 2.44. The monoisotopic (exact) mass is 406 g/mol. The molecule has 29 heavy (non-hydrogen) atoms. The number of ether oxygens (including phenoxy) is 3. The van der Waals surface area contributed by atoms with E-state index in [1.807, 2.05) is 0 Å². The highest BCUT2D eigenvalue weighted by Gasteiger charge is 2.59. The molecule has 0 saturated carbocycles. The van der Waals surface area contributed by atoms with E-state index >= 15 is 0 Å². The summed E-state index contributed by atoms with van der Waals surface area (Å²) in [5.41, 5.74) is -1.05. The molecule has 2 N–H and O–H groups in total. The van der Waals surface area contributed by atoms with Gasteiger partial charge in [0.1, 0.15) is 23.9 Å². The van der Waals surface area contributed by atoms with Crippen molar-refractivity contribution in [2.75, 3.05) is 11.9 Å². The zero-order valence-electron chi connectivity index (χ0n) is 16.4. The maximum Gasteiger partial charge on any atom is 0.303 e. The SMILES string of the molecule is CC(=O)Nc1ncnc2c1ccn2[C@@H]1O[C@H](CO)[C@H](OC(C)=O)C1(C)OC(C)=O. The van der Waals surface area contributed by atoms with Gasteiger partial charge in [0.25, 0.3) is 0 Å². The number of nitrogens with zero attached hydrogens (tertiary/aromatic N) is 3. The molecule has 3 heterocycles. The normalized spacial score (nSPS) is 26.3. The van der Waals surface area contributed by atoms with Gasteiger partial charge in [0.15, 0.2) is 17.9 Å².